The van der Waals surface area contributed by atoms with Crippen LogP contribution in [0.2, 0.25) is 0 Å². The molecule has 1 aliphatic rings. The highest BCUT2D eigenvalue weighted by Crippen LogP contribution is 2.23. The van der Waals surface area contributed by atoms with Gasteiger partial charge in [-0.25, -0.2) is 4.79 Å². The minimum atomic E-state index is -0.848. The maximum atomic E-state index is 11.9. The summed E-state index contributed by atoms with van der Waals surface area (Å²) in [6.07, 6.45) is 0. The zero-order valence-corrected chi connectivity index (χ0v) is 14.9. The van der Waals surface area contributed by atoms with E-state index in [1.807, 2.05) is 0 Å². The van der Waals surface area contributed by atoms with Gasteiger partial charge in [-0.05, 0) is 18.2 Å². The second-order valence-corrected chi connectivity index (χ2v) is 6.52. The number of hydrogen-bond acceptors (Lipinski definition) is 8. The van der Waals surface area contributed by atoms with Crippen LogP contribution in [0.15, 0.2) is 18.2 Å². The molecule has 0 aromatic heterocycles. The van der Waals surface area contributed by atoms with Gasteiger partial charge in [0.15, 0.2) is 6.61 Å². The summed E-state index contributed by atoms with van der Waals surface area (Å²) in [6.45, 7) is -0.0586. The topological polar surface area (TPSA) is 105 Å². The molecule has 2 N–H and O–H groups in total. The Bertz CT molecular complexity index is 693. The Labute approximate surface area is 153 Å². The van der Waals surface area contributed by atoms with E-state index in [0.29, 0.717) is 15.8 Å². The first-order chi connectivity index (χ1) is 11.9. The number of amides is 2. The van der Waals surface area contributed by atoms with Crippen molar-refractivity contribution in [3.63, 3.8) is 0 Å². The molecule has 1 saturated heterocycles. The average Bonchev–Trinajstić information content (AvgIpc) is 2.92. The largest absolute Gasteiger partial charge is 0.507 e. The highest BCUT2D eigenvalue weighted by Gasteiger charge is 2.26. The predicted molar refractivity (Wildman–Crippen MR) is 94.7 cm³/mol. The smallest absolute Gasteiger partial charge is 0.342 e. The summed E-state index contributed by atoms with van der Waals surface area (Å²) < 4.78 is 10.3. The molecule has 0 aliphatic carbocycles. The van der Waals surface area contributed by atoms with Crippen LogP contribution in [0.3, 0.4) is 0 Å². The number of aromatic hydroxyl groups is 1. The summed E-state index contributed by atoms with van der Waals surface area (Å²) in [5, 5.41) is 12.2. The number of thioether (sulfide) groups is 1. The third kappa shape index (κ3) is 5.07. The minimum absolute atomic E-state index is 0.0934. The lowest BCUT2D eigenvalue weighted by atomic mass is 10.2. The first-order valence-corrected chi connectivity index (χ1v) is 8.59. The second kappa shape index (κ2) is 8.67. The Morgan fingerprint density at radius 3 is 2.84 bits per heavy atom. The molecule has 2 rings (SSSR count). The monoisotopic (exact) mass is 384 g/mol. The summed E-state index contributed by atoms with van der Waals surface area (Å²) in [5.41, 5.74) is -0.0998. The van der Waals surface area contributed by atoms with Gasteiger partial charge in [-0.2, -0.15) is 0 Å². The predicted octanol–water partition coefficient (Wildman–Crippen LogP) is 0.534. The first-order valence-electron chi connectivity index (χ1n) is 7.20. The molecule has 0 atom stereocenters. The average molecular weight is 384 g/mol. The second-order valence-electron chi connectivity index (χ2n) is 4.91. The SMILES string of the molecule is COc1ccc(O)c(C(=O)OCC(=O)NCCN2C(=O)CSC2=S)c1. The number of nitrogens with zero attached hydrogens (tertiary/aromatic N) is 1. The number of phenols is 1. The number of rotatable bonds is 7. The fourth-order valence-electron chi connectivity index (χ4n) is 1.97. The number of esters is 1. The molecule has 25 heavy (non-hydrogen) atoms. The lowest BCUT2D eigenvalue weighted by Crippen LogP contribution is -2.38. The molecule has 10 heteroatoms. The van der Waals surface area contributed by atoms with Crippen molar-refractivity contribution in [3.8, 4) is 11.5 Å². The van der Waals surface area contributed by atoms with E-state index in [2.05, 4.69) is 5.32 Å². The minimum Gasteiger partial charge on any atom is -0.507 e. The number of nitrogens with one attached hydrogen (secondary N) is 1. The van der Waals surface area contributed by atoms with Crippen LogP contribution < -0.4 is 10.1 Å². The molecule has 0 saturated carbocycles. The van der Waals surface area contributed by atoms with E-state index in [1.165, 1.54) is 42.0 Å². The molecule has 0 radical (unpaired) electrons. The third-order valence-electron chi connectivity index (χ3n) is 3.26. The fourth-order valence-corrected chi connectivity index (χ4v) is 3.09. The van der Waals surface area contributed by atoms with E-state index >= 15 is 0 Å². The normalized spacial score (nSPS) is 13.7. The van der Waals surface area contributed by atoms with Gasteiger partial charge in [0, 0.05) is 13.1 Å². The summed E-state index contributed by atoms with van der Waals surface area (Å²) >= 11 is 6.30. The van der Waals surface area contributed by atoms with Crippen molar-refractivity contribution >= 4 is 46.1 Å². The molecule has 1 aromatic carbocycles. The molecule has 0 bridgehead atoms. The number of benzene rings is 1. The van der Waals surface area contributed by atoms with Gasteiger partial charge in [0.1, 0.15) is 21.4 Å². The van der Waals surface area contributed by atoms with Crippen LogP contribution in [-0.4, -0.2) is 64.7 Å². The number of hydrogen-bond donors (Lipinski definition) is 2. The maximum absolute atomic E-state index is 11.9. The molecular formula is C15H16N2O6S2. The van der Waals surface area contributed by atoms with Crippen molar-refractivity contribution in [3.05, 3.63) is 23.8 Å². The fraction of sp³-hybridized carbons (Fsp3) is 0.333. The highest BCUT2D eigenvalue weighted by molar-refractivity contribution is 8.23. The Morgan fingerprint density at radius 1 is 1.44 bits per heavy atom. The van der Waals surface area contributed by atoms with Gasteiger partial charge in [0.05, 0.1) is 12.9 Å². The highest BCUT2D eigenvalue weighted by atomic mass is 32.2. The molecule has 1 heterocycles. The van der Waals surface area contributed by atoms with E-state index in [4.69, 9.17) is 21.7 Å². The van der Waals surface area contributed by atoms with E-state index in [-0.39, 0.29) is 30.3 Å². The zero-order valence-electron chi connectivity index (χ0n) is 13.3. The number of carbonyl (C=O) groups is 3. The summed E-state index contributed by atoms with van der Waals surface area (Å²) in [5.74, 6) is -1.05. The van der Waals surface area contributed by atoms with Crippen molar-refractivity contribution in [1.29, 1.82) is 0 Å². The number of thiocarbonyl (C=S) groups is 1. The maximum Gasteiger partial charge on any atom is 0.342 e. The Kier molecular flexibility index (Phi) is 6.59. The van der Waals surface area contributed by atoms with Crippen LogP contribution in [0, 0.1) is 0 Å². The summed E-state index contributed by atoms with van der Waals surface area (Å²) in [6, 6.07) is 4.10. The van der Waals surface area contributed by atoms with Crippen molar-refractivity contribution in [1.82, 2.24) is 10.2 Å². The van der Waals surface area contributed by atoms with Crippen LogP contribution in [0.4, 0.5) is 0 Å². The van der Waals surface area contributed by atoms with E-state index < -0.39 is 18.5 Å². The lowest BCUT2D eigenvalue weighted by Gasteiger charge is -2.15. The first kappa shape index (κ1) is 19.0. The molecule has 0 spiro atoms. The number of carbonyl (C=O) groups excluding carboxylic acids is 3. The van der Waals surface area contributed by atoms with E-state index in [0.717, 1.165) is 0 Å². The van der Waals surface area contributed by atoms with Crippen molar-refractivity contribution in [2.45, 2.75) is 0 Å². The van der Waals surface area contributed by atoms with Gasteiger partial charge in [0.2, 0.25) is 5.91 Å². The van der Waals surface area contributed by atoms with Gasteiger partial charge >= 0.3 is 5.97 Å². The lowest BCUT2D eigenvalue weighted by molar-refractivity contribution is -0.126. The van der Waals surface area contributed by atoms with Crippen molar-refractivity contribution < 1.29 is 29.0 Å². The molecule has 8 nitrogen and oxygen atoms in total. The van der Waals surface area contributed by atoms with Gasteiger partial charge < -0.3 is 19.9 Å². The van der Waals surface area contributed by atoms with E-state index in [9.17, 15) is 19.5 Å². The number of methoxy groups -OCH3 is 1. The van der Waals surface area contributed by atoms with Crippen LogP contribution in [0.5, 0.6) is 11.5 Å². The Hall–Kier alpha value is -2.33. The number of phenolic OH excluding ortho intramolecular Hbond substituents is 1. The Balaban J connectivity index is 1.77. The van der Waals surface area contributed by atoms with Gasteiger partial charge in [-0.3, -0.25) is 14.5 Å². The summed E-state index contributed by atoms with van der Waals surface area (Å²) in [7, 11) is 1.42. The molecule has 134 valence electrons. The summed E-state index contributed by atoms with van der Waals surface area (Å²) in [4.78, 5) is 36.6. The molecule has 0 unspecified atom stereocenters. The standard InChI is InChI=1S/C15H16N2O6S2/c1-22-9-2-3-11(18)10(6-9)14(21)23-7-12(19)16-4-5-17-13(20)8-25-15(17)24/h2-3,6,18H,4-5,7-8H2,1H3,(H,16,19). The quantitative estimate of drug-likeness (QED) is 0.518. The van der Waals surface area contributed by atoms with Crippen LogP contribution in [0.1, 0.15) is 10.4 Å². The third-order valence-corrected chi connectivity index (χ3v) is 4.69. The molecule has 2 amide bonds. The van der Waals surface area contributed by atoms with Gasteiger partial charge in [-0.1, -0.05) is 24.0 Å². The van der Waals surface area contributed by atoms with Crippen LogP contribution >= 0.6 is 24.0 Å². The van der Waals surface area contributed by atoms with E-state index in [1.54, 1.807) is 0 Å². The zero-order chi connectivity index (χ0) is 18.4. The molecular weight excluding hydrogens is 368 g/mol. The van der Waals surface area contributed by atoms with Gasteiger partial charge in [-0.15, -0.1) is 0 Å². The number of ether oxygens (including phenoxy) is 2. The van der Waals surface area contributed by atoms with Gasteiger partial charge in [0.25, 0.3) is 5.91 Å². The van der Waals surface area contributed by atoms with Crippen molar-refractivity contribution in [2.75, 3.05) is 32.6 Å². The van der Waals surface area contributed by atoms with Crippen LogP contribution in [-0.2, 0) is 14.3 Å². The van der Waals surface area contributed by atoms with Crippen LogP contribution in [0.25, 0.3) is 0 Å². The molecule has 1 aliphatic heterocycles. The molecule has 1 fully saturated rings. The van der Waals surface area contributed by atoms with Crippen molar-refractivity contribution in [2.24, 2.45) is 0 Å². The molecule has 1 aromatic rings. The Morgan fingerprint density at radius 2 is 2.20 bits per heavy atom.